The van der Waals surface area contributed by atoms with E-state index in [1.807, 2.05) is 0 Å². The van der Waals surface area contributed by atoms with E-state index in [0.717, 1.165) is 0 Å². The summed E-state index contributed by atoms with van der Waals surface area (Å²) in [5.74, 6) is -1.54. The molecule has 1 rings (SSSR count). The van der Waals surface area contributed by atoms with Crippen molar-refractivity contribution in [1.29, 1.82) is 0 Å². The first-order valence-electron chi connectivity index (χ1n) is 3.71. The zero-order chi connectivity index (χ0) is 12.5. The highest BCUT2D eigenvalue weighted by Crippen LogP contribution is 2.34. The molecule has 0 radical (unpaired) electrons. The van der Waals surface area contributed by atoms with Crippen LogP contribution in [0.25, 0.3) is 0 Å². The zero-order valence-electron chi connectivity index (χ0n) is 7.35. The molecule has 1 heterocycles. The number of nitrogens with zero attached hydrogens (tertiary/aromatic N) is 2. The number of rotatable bonds is 3. The summed E-state index contributed by atoms with van der Waals surface area (Å²) in [4.78, 5) is 23.2. The molecule has 0 aromatic carbocycles. The van der Waals surface area contributed by atoms with Crippen LogP contribution in [0.4, 0.5) is 14.5 Å². The molecule has 86 valence electrons. The fraction of sp³-hybridized carbons (Fsp3) is 0.143. The van der Waals surface area contributed by atoms with Gasteiger partial charge in [-0.2, -0.15) is 0 Å². The van der Waals surface area contributed by atoms with Gasteiger partial charge in [-0.1, -0.05) is 0 Å². The Morgan fingerprint density at radius 3 is 2.56 bits per heavy atom. The van der Waals surface area contributed by atoms with E-state index in [9.17, 15) is 23.7 Å². The lowest BCUT2D eigenvalue weighted by atomic mass is 10.2. The largest absolute Gasteiger partial charge is 0.477 e. The molecule has 0 atom stereocenters. The number of alkyl halides is 2. The Balaban J connectivity index is 3.52. The lowest BCUT2D eigenvalue weighted by Crippen LogP contribution is -2.06. The minimum absolute atomic E-state index is 0.495. The molecule has 1 N–H and O–H groups in total. The highest BCUT2D eigenvalue weighted by Gasteiger charge is 2.28. The summed E-state index contributed by atoms with van der Waals surface area (Å²) in [6, 6.07) is 0.495. The van der Waals surface area contributed by atoms with E-state index in [-0.39, 0.29) is 0 Å². The normalized spacial score (nSPS) is 10.5. The van der Waals surface area contributed by atoms with Crippen molar-refractivity contribution < 1.29 is 23.6 Å². The van der Waals surface area contributed by atoms with Crippen molar-refractivity contribution in [2.45, 2.75) is 6.43 Å². The van der Waals surface area contributed by atoms with Crippen LogP contribution in [0.2, 0.25) is 0 Å². The van der Waals surface area contributed by atoms with Gasteiger partial charge in [0, 0.05) is 6.07 Å². The maximum atomic E-state index is 12.5. The molecular formula is C7H3BrF2N2O4. The minimum atomic E-state index is -3.12. The number of carbonyl (C=O) groups is 1. The summed E-state index contributed by atoms with van der Waals surface area (Å²) in [6.07, 6.45) is -3.12. The van der Waals surface area contributed by atoms with Crippen molar-refractivity contribution >= 4 is 27.6 Å². The number of aromatic nitrogens is 1. The van der Waals surface area contributed by atoms with Crippen molar-refractivity contribution in [1.82, 2.24) is 4.98 Å². The third-order valence-corrected chi connectivity index (χ3v) is 2.23. The second kappa shape index (κ2) is 4.47. The van der Waals surface area contributed by atoms with Crippen LogP contribution in [0.15, 0.2) is 10.7 Å². The van der Waals surface area contributed by atoms with Gasteiger partial charge in [-0.15, -0.1) is 0 Å². The van der Waals surface area contributed by atoms with Crippen LogP contribution in [0.1, 0.15) is 22.5 Å². The van der Waals surface area contributed by atoms with Gasteiger partial charge in [0.2, 0.25) is 0 Å². The third-order valence-electron chi connectivity index (χ3n) is 1.62. The number of nitro groups is 1. The molecule has 0 aliphatic heterocycles. The average Bonchev–Trinajstić information content (AvgIpc) is 2.15. The molecule has 0 amide bonds. The number of carboxylic acid groups (broad SMARTS) is 1. The Bertz CT molecular complexity index is 466. The summed E-state index contributed by atoms with van der Waals surface area (Å²) in [7, 11) is 0. The van der Waals surface area contributed by atoms with E-state index >= 15 is 0 Å². The fourth-order valence-corrected chi connectivity index (χ4v) is 1.54. The van der Waals surface area contributed by atoms with Gasteiger partial charge in [-0.05, 0) is 15.9 Å². The minimum Gasteiger partial charge on any atom is -0.477 e. The summed E-state index contributed by atoms with van der Waals surface area (Å²) in [6.45, 7) is 0. The van der Waals surface area contributed by atoms with Crippen LogP contribution in [0, 0.1) is 10.1 Å². The average molecular weight is 297 g/mol. The van der Waals surface area contributed by atoms with Gasteiger partial charge < -0.3 is 5.11 Å². The number of hydrogen-bond acceptors (Lipinski definition) is 4. The Morgan fingerprint density at radius 1 is 1.62 bits per heavy atom. The first-order valence-corrected chi connectivity index (χ1v) is 4.50. The summed E-state index contributed by atoms with van der Waals surface area (Å²) >= 11 is 2.58. The molecule has 0 fully saturated rings. The van der Waals surface area contributed by atoms with Gasteiger partial charge in [-0.3, -0.25) is 10.1 Å². The zero-order valence-corrected chi connectivity index (χ0v) is 8.94. The number of aromatic carboxylic acids is 1. The molecule has 0 saturated heterocycles. The molecule has 1 aromatic heterocycles. The molecule has 1 aromatic rings. The Kier molecular flexibility index (Phi) is 3.48. The van der Waals surface area contributed by atoms with Gasteiger partial charge in [-0.25, -0.2) is 18.6 Å². The predicted molar refractivity (Wildman–Crippen MR) is 50.5 cm³/mol. The second-order valence-corrected chi connectivity index (χ2v) is 3.35. The highest BCUT2D eigenvalue weighted by atomic mass is 79.9. The van der Waals surface area contributed by atoms with Gasteiger partial charge in [0.15, 0.2) is 5.69 Å². The van der Waals surface area contributed by atoms with Crippen molar-refractivity contribution in [2.24, 2.45) is 0 Å². The molecule has 0 aliphatic carbocycles. The first-order chi connectivity index (χ1) is 7.34. The summed E-state index contributed by atoms with van der Waals surface area (Å²) in [5.41, 5.74) is -2.59. The molecule has 0 aliphatic rings. The van der Waals surface area contributed by atoms with Gasteiger partial charge in [0.05, 0.1) is 4.92 Å². The molecule has 16 heavy (non-hydrogen) atoms. The molecule has 6 nitrogen and oxygen atoms in total. The maximum absolute atomic E-state index is 12.5. The van der Waals surface area contributed by atoms with Crippen molar-refractivity contribution in [3.8, 4) is 0 Å². The van der Waals surface area contributed by atoms with E-state index in [4.69, 9.17) is 5.11 Å². The van der Waals surface area contributed by atoms with Crippen molar-refractivity contribution in [2.75, 3.05) is 0 Å². The lowest BCUT2D eigenvalue weighted by molar-refractivity contribution is -0.386. The number of carboxylic acids is 1. The fourth-order valence-electron chi connectivity index (χ4n) is 0.974. The topological polar surface area (TPSA) is 93.3 Å². The van der Waals surface area contributed by atoms with Crippen LogP contribution in [-0.4, -0.2) is 21.0 Å². The van der Waals surface area contributed by atoms with E-state index in [2.05, 4.69) is 20.9 Å². The van der Waals surface area contributed by atoms with E-state index in [1.54, 1.807) is 0 Å². The van der Waals surface area contributed by atoms with Crippen molar-refractivity contribution in [3.05, 3.63) is 32.0 Å². The molecular weight excluding hydrogens is 294 g/mol. The van der Waals surface area contributed by atoms with Crippen LogP contribution in [0.5, 0.6) is 0 Å². The van der Waals surface area contributed by atoms with Crippen LogP contribution >= 0.6 is 15.9 Å². The third kappa shape index (κ3) is 2.30. The van der Waals surface area contributed by atoms with Crippen LogP contribution in [-0.2, 0) is 0 Å². The number of halogens is 3. The molecule has 0 spiro atoms. The predicted octanol–water partition coefficient (Wildman–Crippen LogP) is 2.39. The number of pyridine rings is 1. The van der Waals surface area contributed by atoms with Crippen LogP contribution in [0.3, 0.4) is 0 Å². The maximum Gasteiger partial charge on any atom is 0.354 e. The Labute approximate surface area is 95.2 Å². The summed E-state index contributed by atoms with van der Waals surface area (Å²) in [5, 5.41) is 19.0. The molecule has 0 saturated carbocycles. The SMILES string of the molecule is O=C(O)c1cc([N+](=O)[O-])c(C(F)F)c(Br)n1. The Hall–Kier alpha value is -1.64. The Morgan fingerprint density at radius 2 is 2.19 bits per heavy atom. The second-order valence-electron chi connectivity index (χ2n) is 2.59. The standard InChI is InChI=1S/C7H3BrF2N2O4/c8-5-4(6(9)10)3(12(15)16)1-2(11-5)7(13)14/h1,6H,(H,13,14). The smallest absolute Gasteiger partial charge is 0.354 e. The van der Waals surface area contributed by atoms with Crippen molar-refractivity contribution in [3.63, 3.8) is 0 Å². The van der Waals surface area contributed by atoms with Gasteiger partial charge in [0.1, 0.15) is 10.2 Å². The van der Waals surface area contributed by atoms with Crippen LogP contribution < -0.4 is 0 Å². The molecule has 0 unspecified atom stereocenters. The van der Waals surface area contributed by atoms with E-state index in [0.29, 0.717) is 6.07 Å². The summed E-state index contributed by atoms with van der Waals surface area (Å²) < 4.78 is 24.4. The lowest BCUT2D eigenvalue weighted by Gasteiger charge is -2.04. The quantitative estimate of drug-likeness (QED) is 0.525. The monoisotopic (exact) mass is 296 g/mol. The van der Waals surface area contributed by atoms with Gasteiger partial charge >= 0.3 is 5.97 Å². The first kappa shape index (κ1) is 12.4. The number of hydrogen-bond donors (Lipinski definition) is 1. The van der Waals surface area contributed by atoms with E-state index in [1.165, 1.54) is 0 Å². The molecule has 9 heteroatoms. The molecule has 0 bridgehead atoms. The highest BCUT2D eigenvalue weighted by molar-refractivity contribution is 9.10. The van der Waals surface area contributed by atoms with E-state index < -0.39 is 38.9 Å². The van der Waals surface area contributed by atoms with Gasteiger partial charge in [0.25, 0.3) is 12.1 Å².